The second-order valence-electron chi connectivity index (χ2n) is 5.98. The van der Waals surface area contributed by atoms with Crippen molar-refractivity contribution in [1.82, 2.24) is 20.1 Å². The Labute approximate surface area is 97.5 Å². The van der Waals surface area contributed by atoms with Crippen LogP contribution in [-0.2, 0) is 13.6 Å². The molecule has 1 aliphatic carbocycles. The number of hydrogen-bond donors (Lipinski definition) is 1. The molecule has 4 heteroatoms. The highest BCUT2D eigenvalue weighted by atomic mass is 15.3. The Bertz CT molecular complexity index is 364. The Morgan fingerprint density at radius 2 is 1.94 bits per heavy atom. The average molecular weight is 222 g/mol. The van der Waals surface area contributed by atoms with E-state index in [4.69, 9.17) is 0 Å². The molecule has 1 aromatic rings. The van der Waals surface area contributed by atoms with Crippen LogP contribution in [0.4, 0.5) is 0 Å². The van der Waals surface area contributed by atoms with Gasteiger partial charge in [0, 0.05) is 7.05 Å². The van der Waals surface area contributed by atoms with E-state index in [9.17, 15) is 0 Å². The first-order valence-corrected chi connectivity index (χ1v) is 5.91. The summed E-state index contributed by atoms with van der Waals surface area (Å²) >= 11 is 0. The van der Waals surface area contributed by atoms with E-state index in [1.165, 1.54) is 0 Å². The molecule has 1 aliphatic rings. The molecule has 2 rings (SSSR count). The number of aromatic nitrogens is 3. The lowest BCUT2D eigenvalue weighted by atomic mass is 10.0. The first-order valence-electron chi connectivity index (χ1n) is 5.91. The lowest BCUT2D eigenvalue weighted by Gasteiger charge is -2.05. The van der Waals surface area contributed by atoms with Crippen molar-refractivity contribution < 1.29 is 0 Å². The molecule has 90 valence electrons. The summed E-state index contributed by atoms with van der Waals surface area (Å²) in [5, 5.41) is 11.4. The lowest BCUT2D eigenvalue weighted by molar-refractivity contribution is 0.457. The van der Waals surface area contributed by atoms with Crippen LogP contribution in [-0.4, -0.2) is 21.3 Å². The normalized spacial score (nSPS) is 22.3. The Hall–Kier alpha value is -0.900. The number of hydrogen-bond acceptors (Lipinski definition) is 3. The van der Waals surface area contributed by atoms with Crippen molar-refractivity contribution >= 4 is 0 Å². The number of aryl methyl sites for hydroxylation is 1. The second-order valence-corrected chi connectivity index (χ2v) is 5.98. The van der Waals surface area contributed by atoms with E-state index in [-0.39, 0.29) is 0 Å². The van der Waals surface area contributed by atoms with Gasteiger partial charge in [-0.05, 0) is 23.3 Å². The van der Waals surface area contributed by atoms with Crippen molar-refractivity contribution in [3.8, 4) is 0 Å². The summed E-state index contributed by atoms with van der Waals surface area (Å²) in [7, 11) is 1.97. The zero-order valence-corrected chi connectivity index (χ0v) is 10.9. The number of nitrogens with one attached hydrogen (secondary N) is 1. The minimum atomic E-state index is 0.458. The third-order valence-electron chi connectivity index (χ3n) is 4.76. The maximum atomic E-state index is 4.06. The van der Waals surface area contributed by atoms with Crippen LogP contribution < -0.4 is 5.32 Å². The summed E-state index contributed by atoms with van der Waals surface area (Å²) in [6.07, 6.45) is 1.74. The topological polar surface area (TPSA) is 42.7 Å². The van der Waals surface area contributed by atoms with E-state index in [0.29, 0.717) is 10.8 Å². The number of nitrogens with zero attached hydrogens (tertiary/aromatic N) is 3. The molecule has 16 heavy (non-hydrogen) atoms. The van der Waals surface area contributed by atoms with Gasteiger partial charge in [-0.2, -0.15) is 0 Å². The maximum Gasteiger partial charge on any atom is 0.146 e. The van der Waals surface area contributed by atoms with Crippen LogP contribution >= 0.6 is 0 Å². The van der Waals surface area contributed by atoms with Crippen LogP contribution in [0, 0.1) is 16.7 Å². The van der Waals surface area contributed by atoms with Gasteiger partial charge in [0.1, 0.15) is 12.2 Å². The Balaban J connectivity index is 1.81. The highest BCUT2D eigenvalue weighted by molar-refractivity contribution is 5.12. The van der Waals surface area contributed by atoms with Crippen molar-refractivity contribution in [2.45, 2.75) is 34.2 Å². The van der Waals surface area contributed by atoms with Crippen molar-refractivity contribution in [2.24, 2.45) is 23.8 Å². The molecule has 0 saturated heterocycles. The van der Waals surface area contributed by atoms with Gasteiger partial charge in [0.25, 0.3) is 0 Å². The standard InChI is InChI=1S/C12H22N4/c1-11(2)9(12(11,3)4)6-13-7-10-15-14-8-16(10)5/h8-9,13H,6-7H2,1-5H3. The van der Waals surface area contributed by atoms with Crippen molar-refractivity contribution in [3.05, 3.63) is 12.2 Å². The Kier molecular flexibility index (Phi) is 2.57. The molecule has 0 bridgehead atoms. The molecule has 0 amide bonds. The van der Waals surface area contributed by atoms with E-state index in [0.717, 1.165) is 24.8 Å². The van der Waals surface area contributed by atoms with Gasteiger partial charge in [0.15, 0.2) is 0 Å². The third-order valence-corrected chi connectivity index (χ3v) is 4.76. The number of rotatable bonds is 4. The van der Waals surface area contributed by atoms with Crippen molar-refractivity contribution in [2.75, 3.05) is 6.54 Å². The molecule has 0 atom stereocenters. The zero-order valence-electron chi connectivity index (χ0n) is 10.9. The highest BCUT2D eigenvalue weighted by Crippen LogP contribution is 2.67. The van der Waals surface area contributed by atoms with E-state index >= 15 is 0 Å². The van der Waals surface area contributed by atoms with Gasteiger partial charge in [-0.15, -0.1) is 10.2 Å². The maximum absolute atomic E-state index is 4.06. The van der Waals surface area contributed by atoms with Crippen LogP contribution in [0.2, 0.25) is 0 Å². The van der Waals surface area contributed by atoms with Crippen LogP contribution in [0.1, 0.15) is 33.5 Å². The van der Waals surface area contributed by atoms with Crippen LogP contribution in [0.15, 0.2) is 6.33 Å². The van der Waals surface area contributed by atoms with E-state index in [1.54, 1.807) is 6.33 Å². The summed E-state index contributed by atoms with van der Waals surface area (Å²) in [5.41, 5.74) is 0.916. The summed E-state index contributed by atoms with van der Waals surface area (Å²) < 4.78 is 1.95. The first kappa shape index (κ1) is 11.6. The fourth-order valence-electron chi connectivity index (χ4n) is 2.64. The molecule has 0 unspecified atom stereocenters. The molecule has 1 fully saturated rings. The van der Waals surface area contributed by atoms with Gasteiger partial charge < -0.3 is 9.88 Å². The largest absolute Gasteiger partial charge is 0.320 e. The minimum Gasteiger partial charge on any atom is -0.320 e. The van der Waals surface area contributed by atoms with Gasteiger partial charge in [-0.1, -0.05) is 27.7 Å². The molecular formula is C12H22N4. The average Bonchev–Trinajstić information content (AvgIpc) is 2.52. The molecule has 1 aromatic heterocycles. The zero-order chi connectivity index (χ0) is 12.0. The van der Waals surface area contributed by atoms with Gasteiger partial charge in [0.2, 0.25) is 0 Å². The third kappa shape index (κ3) is 1.65. The van der Waals surface area contributed by atoms with Crippen molar-refractivity contribution in [1.29, 1.82) is 0 Å². The monoisotopic (exact) mass is 222 g/mol. The quantitative estimate of drug-likeness (QED) is 0.841. The summed E-state index contributed by atoms with van der Waals surface area (Å²) in [5.74, 6) is 1.75. The Morgan fingerprint density at radius 3 is 2.38 bits per heavy atom. The van der Waals surface area contributed by atoms with E-state index < -0.39 is 0 Å². The fourth-order valence-corrected chi connectivity index (χ4v) is 2.64. The Morgan fingerprint density at radius 1 is 1.31 bits per heavy atom. The van der Waals surface area contributed by atoms with Crippen molar-refractivity contribution in [3.63, 3.8) is 0 Å². The van der Waals surface area contributed by atoms with Gasteiger partial charge >= 0.3 is 0 Å². The van der Waals surface area contributed by atoms with Gasteiger partial charge in [-0.3, -0.25) is 0 Å². The molecule has 0 aliphatic heterocycles. The molecule has 0 spiro atoms. The fraction of sp³-hybridized carbons (Fsp3) is 0.833. The summed E-state index contributed by atoms with van der Waals surface area (Å²) in [4.78, 5) is 0. The summed E-state index contributed by atoms with van der Waals surface area (Å²) in [6.45, 7) is 11.3. The molecular weight excluding hydrogens is 200 g/mol. The van der Waals surface area contributed by atoms with Gasteiger partial charge in [0.05, 0.1) is 6.54 Å². The predicted octanol–water partition coefficient (Wildman–Crippen LogP) is 1.59. The van der Waals surface area contributed by atoms with Crippen LogP contribution in [0.5, 0.6) is 0 Å². The first-order chi connectivity index (χ1) is 7.37. The predicted molar refractivity (Wildman–Crippen MR) is 63.8 cm³/mol. The van der Waals surface area contributed by atoms with Crippen LogP contribution in [0.3, 0.4) is 0 Å². The van der Waals surface area contributed by atoms with E-state index in [2.05, 4.69) is 43.2 Å². The molecule has 1 saturated carbocycles. The SMILES string of the molecule is Cn1cnnc1CNCC1C(C)(C)C1(C)C. The molecule has 4 nitrogen and oxygen atoms in total. The minimum absolute atomic E-state index is 0.458. The highest BCUT2D eigenvalue weighted by Gasteiger charge is 2.63. The summed E-state index contributed by atoms with van der Waals surface area (Å²) in [6, 6.07) is 0. The van der Waals surface area contributed by atoms with Crippen LogP contribution in [0.25, 0.3) is 0 Å². The second kappa shape index (κ2) is 3.55. The lowest BCUT2D eigenvalue weighted by Crippen LogP contribution is -2.20. The molecule has 1 N–H and O–H groups in total. The smallest absolute Gasteiger partial charge is 0.146 e. The van der Waals surface area contributed by atoms with E-state index in [1.807, 2.05) is 11.6 Å². The molecule has 1 heterocycles. The molecule has 0 radical (unpaired) electrons. The van der Waals surface area contributed by atoms with Gasteiger partial charge in [-0.25, -0.2) is 0 Å². The molecule has 0 aromatic carbocycles.